The second-order valence-electron chi connectivity index (χ2n) is 7.10. The zero-order chi connectivity index (χ0) is 15.6. The molecule has 2 nitrogen and oxygen atoms in total. The molecule has 1 saturated heterocycles. The zero-order valence-electron chi connectivity index (χ0n) is 14.7. The van der Waals surface area contributed by atoms with Crippen molar-refractivity contribution in [1.29, 1.82) is 0 Å². The van der Waals surface area contributed by atoms with Crippen LogP contribution in [0.1, 0.15) is 51.7 Å². The van der Waals surface area contributed by atoms with E-state index in [1.807, 2.05) is 0 Å². The van der Waals surface area contributed by atoms with Crippen LogP contribution in [0, 0.1) is 19.8 Å². The molecule has 1 N–H and O–H groups in total. The fraction of sp³-hybridized carbons (Fsp3) is 0.684. The molecule has 0 spiro atoms. The fourth-order valence-electron chi connectivity index (χ4n) is 3.64. The molecule has 2 heteroatoms. The first-order valence-electron chi connectivity index (χ1n) is 8.51. The molecule has 118 valence electrons. The van der Waals surface area contributed by atoms with Gasteiger partial charge in [0.05, 0.1) is 0 Å². The summed E-state index contributed by atoms with van der Waals surface area (Å²) in [5.41, 5.74) is 4.45. The number of rotatable bonds is 4. The Balaban J connectivity index is 2.38. The first kappa shape index (κ1) is 16.4. The van der Waals surface area contributed by atoms with Crippen LogP contribution in [0.3, 0.4) is 0 Å². The number of hydrogen-bond acceptors (Lipinski definition) is 2. The molecule has 1 fully saturated rings. The van der Waals surface area contributed by atoms with E-state index in [1.165, 1.54) is 29.7 Å². The molecule has 1 aliphatic heterocycles. The number of piperazine rings is 1. The van der Waals surface area contributed by atoms with Crippen molar-refractivity contribution in [2.45, 2.75) is 66.0 Å². The summed E-state index contributed by atoms with van der Waals surface area (Å²) in [4.78, 5) is 2.67. The highest BCUT2D eigenvalue weighted by atomic mass is 15.3. The van der Waals surface area contributed by atoms with Crippen LogP contribution in [0.25, 0.3) is 0 Å². The lowest BCUT2D eigenvalue weighted by atomic mass is 9.85. The van der Waals surface area contributed by atoms with Gasteiger partial charge in [-0.1, -0.05) is 45.4 Å². The maximum Gasteiger partial charge on any atom is 0.0438 e. The first-order chi connectivity index (χ1) is 9.92. The minimum Gasteiger partial charge on any atom is -0.365 e. The van der Waals surface area contributed by atoms with E-state index in [9.17, 15) is 0 Å². The minimum absolute atomic E-state index is 0.267. The average Bonchev–Trinajstić information content (AvgIpc) is 2.46. The summed E-state index contributed by atoms with van der Waals surface area (Å²) in [5, 5.41) is 3.85. The van der Waals surface area contributed by atoms with Crippen molar-refractivity contribution in [1.82, 2.24) is 5.32 Å². The average molecular weight is 288 g/mol. The van der Waals surface area contributed by atoms with Crippen molar-refractivity contribution in [3.63, 3.8) is 0 Å². The van der Waals surface area contributed by atoms with Gasteiger partial charge in [-0.25, -0.2) is 0 Å². The van der Waals surface area contributed by atoms with E-state index in [1.54, 1.807) is 0 Å². The van der Waals surface area contributed by atoms with Crippen LogP contribution in [0.5, 0.6) is 0 Å². The number of hydrogen-bond donors (Lipinski definition) is 1. The van der Waals surface area contributed by atoms with Crippen LogP contribution in [0.2, 0.25) is 0 Å². The van der Waals surface area contributed by atoms with Crippen molar-refractivity contribution in [2.75, 3.05) is 18.0 Å². The quantitative estimate of drug-likeness (QED) is 0.889. The van der Waals surface area contributed by atoms with E-state index in [4.69, 9.17) is 0 Å². The lowest BCUT2D eigenvalue weighted by molar-refractivity contribution is 0.227. The molecule has 0 bridgehead atoms. The van der Waals surface area contributed by atoms with Gasteiger partial charge in [0, 0.05) is 30.4 Å². The maximum atomic E-state index is 3.85. The predicted molar refractivity (Wildman–Crippen MR) is 93.2 cm³/mol. The van der Waals surface area contributed by atoms with Crippen molar-refractivity contribution in [3.05, 3.63) is 29.3 Å². The molecule has 0 radical (unpaired) electrons. The Labute approximate surface area is 130 Å². The molecule has 21 heavy (non-hydrogen) atoms. The molecular weight excluding hydrogens is 256 g/mol. The van der Waals surface area contributed by atoms with Crippen LogP contribution in [0.15, 0.2) is 18.2 Å². The summed E-state index contributed by atoms with van der Waals surface area (Å²) >= 11 is 0. The summed E-state index contributed by atoms with van der Waals surface area (Å²) in [6, 6.07) is 7.47. The number of benzene rings is 1. The largest absolute Gasteiger partial charge is 0.365 e. The second kappa shape index (κ2) is 6.39. The fourth-order valence-corrected chi connectivity index (χ4v) is 3.64. The van der Waals surface area contributed by atoms with Crippen LogP contribution >= 0.6 is 0 Å². The number of anilines is 1. The molecular formula is C19H32N2. The Morgan fingerprint density at radius 2 is 1.90 bits per heavy atom. The highest BCUT2D eigenvalue weighted by Crippen LogP contribution is 2.32. The molecule has 1 aromatic carbocycles. The molecule has 1 aliphatic rings. The standard InChI is InChI=1S/C19H32N2/c1-7-19(8-2)13-21(18(12-20-19)14(3)4)17-10-9-15(5)11-16(17)6/h9-11,14,18,20H,7-8,12-13H2,1-6H3. The molecule has 1 unspecified atom stereocenters. The van der Waals surface area contributed by atoms with Gasteiger partial charge < -0.3 is 10.2 Å². The lowest BCUT2D eigenvalue weighted by Gasteiger charge is -2.50. The van der Waals surface area contributed by atoms with E-state index in [-0.39, 0.29) is 5.54 Å². The zero-order valence-corrected chi connectivity index (χ0v) is 14.7. The lowest BCUT2D eigenvalue weighted by Crippen LogP contribution is -2.65. The van der Waals surface area contributed by atoms with Gasteiger partial charge in [0.1, 0.15) is 0 Å². The molecule has 0 aromatic heterocycles. The van der Waals surface area contributed by atoms with Gasteiger partial charge >= 0.3 is 0 Å². The van der Waals surface area contributed by atoms with Crippen molar-refractivity contribution in [3.8, 4) is 0 Å². The van der Waals surface area contributed by atoms with Crippen LogP contribution in [-0.4, -0.2) is 24.7 Å². The van der Waals surface area contributed by atoms with Gasteiger partial charge in [0.2, 0.25) is 0 Å². The molecule has 0 saturated carbocycles. The summed E-state index contributed by atoms with van der Waals surface area (Å²) in [6.45, 7) is 15.9. The van der Waals surface area contributed by atoms with E-state index >= 15 is 0 Å². The first-order valence-corrected chi connectivity index (χ1v) is 8.51. The molecule has 1 aromatic rings. The Bertz CT molecular complexity index is 474. The monoisotopic (exact) mass is 288 g/mol. The summed E-state index contributed by atoms with van der Waals surface area (Å²) in [5.74, 6) is 0.657. The summed E-state index contributed by atoms with van der Waals surface area (Å²) in [6.07, 6.45) is 2.38. The summed E-state index contributed by atoms with van der Waals surface area (Å²) in [7, 11) is 0. The van der Waals surface area contributed by atoms with Crippen molar-refractivity contribution < 1.29 is 0 Å². The van der Waals surface area contributed by atoms with Gasteiger partial charge in [-0.05, 0) is 44.2 Å². The van der Waals surface area contributed by atoms with Crippen molar-refractivity contribution in [2.24, 2.45) is 5.92 Å². The Hall–Kier alpha value is -1.02. The number of nitrogens with one attached hydrogen (secondary N) is 1. The van der Waals surface area contributed by atoms with Gasteiger partial charge in [0.15, 0.2) is 0 Å². The smallest absolute Gasteiger partial charge is 0.0438 e. The van der Waals surface area contributed by atoms with E-state index in [0.29, 0.717) is 12.0 Å². The van der Waals surface area contributed by atoms with E-state index < -0.39 is 0 Å². The van der Waals surface area contributed by atoms with Gasteiger partial charge in [-0.15, -0.1) is 0 Å². The van der Waals surface area contributed by atoms with Crippen molar-refractivity contribution >= 4 is 5.69 Å². The van der Waals surface area contributed by atoms with E-state index in [0.717, 1.165) is 13.1 Å². The van der Waals surface area contributed by atoms with Gasteiger partial charge in [-0.3, -0.25) is 0 Å². The highest BCUT2D eigenvalue weighted by Gasteiger charge is 2.38. The minimum atomic E-state index is 0.267. The third kappa shape index (κ3) is 3.26. The number of nitrogens with zero attached hydrogens (tertiary/aromatic N) is 1. The van der Waals surface area contributed by atoms with E-state index in [2.05, 4.69) is 70.0 Å². The molecule has 1 atom stereocenters. The molecule has 1 heterocycles. The third-order valence-electron chi connectivity index (χ3n) is 5.34. The summed E-state index contributed by atoms with van der Waals surface area (Å²) < 4.78 is 0. The Morgan fingerprint density at radius 1 is 1.24 bits per heavy atom. The molecule has 2 rings (SSSR count). The Kier molecular flexibility index (Phi) is 4.98. The normalized spacial score (nSPS) is 21.9. The second-order valence-corrected chi connectivity index (χ2v) is 7.10. The van der Waals surface area contributed by atoms with Crippen LogP contribution < -0.4 is 10.2 Å². The van der Waals surface area contributed by atoms with Gasteiger partial charge in [-0.2, -0.15) is 0 Å². The molecule has 0 aliphatic carbocycles. The SMILES string of the molecule is CCC1(CC)CN(c2ccc(C)cc2C)C(C(C)C)CN1. The van der Waals surface area contributed by atoms with Crippen LogP contribution in [0.4, 0.5) is 5.69 Å². The third-order valence-corrected chi connectivity index (χ3v) is 5.34. The topological polar surface area (TPSA) is 15.3 Å². The van der Waals surface area contributed by atoms with Gasteiger partial charge in [0.25, 0.3) is 0 Å². The van der Waals surface area contributed by atoms with Crippen LogP contribution in [-0.2, 0) is 0 Å². The molecule has 0 amide bonds. The predicted octanol–water partition coefficient (Wildman–Crippen LogP) is 4.30. The maximum absolute atomic E-state index is 3.85. The number of aryl methyl sites for hydroxylation is 2. The highest BCUT2D eigenvalue weighted by molar-refractivity contribution is 5.56. The Morgan fingerprint density at radius 3 is 2.43 bits per heavy atom.